The molecule has 0 aliphatic heterocycles. The van der Waals surface area contributed by atoms with Crippen LogP contribution in [0.15, 0.2) is 35.7 Å². The first-order valence-electron chi connectivity index (χ1n) is 6.83. The Kier molecular flexibility index (Phi) is 4.98. The number of anilines is 1. The average molecular weight is 396 g/mol. The number of hydrogen-bond acceptors (Lipinski definition) is 7. The number of nitro benzene ring substituents is 1. The minimum atomic E-state index is -0.600. The van der Waals surface area contributed by atoms with Crippen LogP contribution in [-0.4, -0.2) is 22.9 Å². The van der Waals surface area contributed by atoms with Crippen molar-refractivity contribution in [3.05, 3.63) is 55.7 Å². The molecule has 0 bridgehead atoms. The number of nitro groups is 1. The summed E-state index contributed by atoms with van der Waals surface area (Å²) in [7, 11) is 1.33. The number of rotatable bonds is 5. The molecule has 2 heterocycles. The summed E-state index contributed by atoms with van der Waals surface area (Å²) < 4.78 is 5.57. The number of benzene rings is 1. The van der Waals surface area contributed by atoms with Crippen LogP contribution in [0.1, 0.15) is 10.4 Å². The van der Waals surface area contributed by atoms with Crippen molar-refractivity contribution < 1.29 is 14.5 Å². The highest BCUT2D eigenvalue weighted by molar-refractivity contribution is 7.20. The van der Waals surface area contributed by atoms with Crippen LogP contribution in [-0.2, 0) is 0 Å². The summed E-state index contributed by atoms with van der Waals surface area (Å²) in [5.74, 6) is -0.400. The summed E-state index contributed by atoms with van der Waals surface area (Å²) in [5.41, 5.74) is 0.574. The van der Waals surface area contributed by atoms with Crippen molar-refractivity contribution in [1.29, 1.82) is 0 Å². The molecule has 0 aliphatic carbocycles. The predicted octanol–water partition coefficient (Wildman–Crippen LogP) is 4.69. The minimum absolute atomic E-state index is 0.0904. The Bertz CT molecular complexity index is 954. The summed E-state index contributed by atoms with van der Waals surface area (Å²) in [6.45, 7) is 0. The van der Waals surface area contributed by atoms with Gasteiger partial charge in [-0.3, -0.25) is 20.2 Å². The molecule has 1 N–H and O–H groups in total. The van der Waals surface area contributed by atoms with E-state index in [4.69, 9.17) is 16.3 Å². The topological polar surface area (TPSA) is 94.4 Å². The standard InChI is InChI=1S/C15H10ClN3O4S2/c1-23-11-3-2-8(6-10(11)19(21)22)14(20)18-15-17-9(7-24-15)12-4-5-13(16)25-12/h2-7H,1H3,(H,17,18,20). The lowest BCUT2D eigenvalue weighted by atomic mass is 10.2. The SMILES string of the molecule is COc1ccc(C(=O)Nc2nc(-c3ccc(Cl)s3)cs2)cc1[N+](=O)[O-]. The largest absolute Gasteiger partial charge is 0.490 e. The van der Waals surface area contributed by atoms with Gasteiger partial charge >= 0.3 is 5.69 Å². The molecule has 0 saturated heterocycles. The number of nitrogens with zero attached hydrogens (tertiary/aromatic N) is 2. The summed E-state index contributed by atoms with van der Waals surface area (Å²) in [4.78, 5) is 28.0. The van der Waals surface area contributed by atoms with Crippen molar-refractivity contribution in [3.8, 4) is 16.3 Å². The van der Waals surface area contributed by atoms with E-state index in [0.29, 0.717) is 15.2 Å². The highest BCUT2D eigenvalue weighted by Crippen LogP contribution is 2.33. The second kappa shape index (κ2) is 7.18. The van der Waals surface area contributed by atoms with E-state index in [1.165, 1.54) is 48.0 Å². The quantitative estimate of drug-likeness (QED) is 0.499. The van der Waals surface area contributed by atoms with Crippen molar-refractivity contribution in [2.24, 2.45) is 0 Å². The molecule has 0 unspecified atom stereocenters. The van der Waals surface area contributed by atoms with Gasteiger partial charge in [0.2, 0.25) is 0 Å². The van der Waals surface area contributed by atoms with Crippen LogP contribution in [0.2, 0.25) is 4.34 Å². The number of thiazole rings is 1. The molecule has 0 spiro atoms. The smallest absolute Gasteiger partial charge is 0.311 e. The summed E-state index contributed by atoms with van der Waals surface area (Å²) in [6.07, 6.45) is 0. The van der Waals surface area contributed by atoms with E-state index < -0.39 is 10.8 Å². The lowest BCUT2D eigenvalue weighted by molar-refractivity contribution is -0.385. The predicted molar refractivity (Wildman–Crippen MR) is 98.0 cm³/mol. The molecule has 3 rings (SSSR count). The second-order valence-corrected chi connectivity index (χ2v) is 7.31. The molecule has 0 saturated carbocycles. The number of halogens is 1. The van der Waals surface area contributed by atoms with E-state index in [0.717, 1.165) is 4.88 Å². The van der Waals surface area contributed by atoms with E-state index in [1.54, 1.807) is 11.4 Å². The van der Waals surface area contributed by atoms with Gasteiger partial charge in [-0.25, -0.2) is 4.98 Å². The first-order valence-corrected chi connectivity index (χ1v) is 8.90. The Labute approximate surface area is 155 Å². The molecule has 7 nitrogen and oxygen atoms in total. The molecule has 0 aliphatic rings. The van der Waals surface area contributed by atoms with Gasteiger partial charge in [0.25, 0.3) is 5.91 Å². The fraction of sp³-hybridized carbons (Fsp3) is 0.0667. The number of carbonyl (C=O) groups is 1. The number of aromatic nitrogens is 1. The molecule has 128 valence electrons. The molecule has 25 heavy (non-hydrogen) atoms. The van der Waals surface area contributed by atoms with Gasteiger partial charge in [0, 0.05) is 17.0 Å². The number of amides is 1. The van der Waals surface area contributed by atoms with Gasteiger partial charge < -0.3 is 4.74 Å². The molecule has 0 fully saturated rings. The zero-order valence-electron chi connectivity index (χ0n) is 12.7. The normalized spacial score (nSPS) is 10.5. The van der Waals surface area contributed by atoms with Crippen LogP contribution in [0.3, 0.4) is 0 Å². The number of methoxy groups -OCH3 is 1. The second-order valence-electron chi connectivity index (χ2n) is 4.74. The van der Waals surface area contributed by atoms with E-state index in [-0.39, 0.29) is 17.0 Å². The van der Waals surface area contributed by atoms with Crippen molar-refractivity contribution in [2.45, 2.75) is 0 Å². The Morgan fingerprint density at radius 2 is 2.16 bits per heavy atom. The molecular formula is C15H10ClN3O4S2. The van der Waals surface area contributed by atoms with Crippen LogP contribution < -0.4 is 10.1 Å². The number of hydrogen-bond donors (Lipinski definition) is 1. The third-order valence-corrected chi connectivity index (χ3v) is 5.20. The number of carbonyl (C=O) groups excluding carboxylic acids is 1. The number of nitrogens with one attached hydrogen (secondary N) is 1. The summed E-state index contributed by atoms with van der Waals surface area (Å²) in [5, 5.41) is 15.9. The number of thiophene rings is 1. The monoisotopic (exact) mass is 395 g/mol. The zero-order chi connectivity index (χ0) is 18.0. The van der Waals surface area contributed by atoms with Crippen molar-refractivity contribution in [3.63, 3.8) is 0 Å². The molecule has 1 amide bonds. The summed E-state index contributed by atoms with van der Waals surface area (Å²) in [6, 6.07) is 7.63. The third-order valence-electron chi connectivity index (χ3n) is 3.19. The molecule has 0 radical (unpaired) electrons. The van der Waals surface area contributed by atoms with Gasteiger partial charge in [-0.1, -0.05) is 11.6 Å². The van der Waals surface area contributed by atoms with Gasteiger partial charge in [0.15, 0.2) is 10.9 Å². The molecular weight excluding hydrogens is 386 g/mol. The maximum absolute atomic E-state index is 12.3. The van der Waals surface area contributed by atoms with E-state index in [1.807, 2.05) is 6.07 Å². The van der Waals surface area contributed by atoms with Crippen molar-refractivity contribution in [2.75, 3.05) is 12.4 Å². The third kappa shape index (κ3) is 3.78. The minimum Gasteiger partial charge on any atom is -0.490 e. The molecule has 10 heteroatoms. The zero-order valence-corrected chi connectivity index (χ0v) is 15.1. The highest BCUT2D eigenvalue weighted by Gasteiger charge is 2.19. The van der Waals surface area contributed by atoms with Crippen LogP contribution >= 0.6 is 34.3 Å². The van der Waals surface area contributed by atoms with Crippen LogP contribution in [0.25, 0.3) is 10.6 Å². The fourth-order valence-corrected chi connectivity index (χ4v) is 3.82. The Morgan fingerprint density at radius 3 is 2.80 bits per heavy atom. The maximum atomic E-state index is 12.3. The lowest BCUT2D eigenvalue weighted by Crippen LogP contribution is -2.12. The maximum Gasteiger partial charge on any atom is 0.311 e. The van der Waals surface area contributed by atoms with Crippen molar-refractivity contribution >= 4 is 51.0 Å². The van der Waals surface area contributed by atoms with Gasteiger partial charge in [-0.2, -0.15) is 0 Å². The molecule has 0 atom stereocenters. The Morgan fingerprint density at radius 1 is 1.36 bits per heavy atom. The van der Waals surface area contributed by atoms with Crippen LogP contribution in [0.4, 0.5) is 10.8 Å². The van der Waals surface area contributed by atoms with Gasteiger partial charge in [-0.05, 0) is 24.3 Å². The summed E-state index contributed by atoms with van der Waals surface area (Å²) >= 11 is 8.55. The fourth-order valence-electron chi connectivity index (χ4n) is 2.04. The first-order chi connectivity index (χ1) is 12.0. The van der Waals surface area contributed by atoms with Gasteiger partial charge in [0.1, 0.15) is 0 Å². The highest BCUT2D eigenvalue weighted by atomic mass is 35.5. The van der Waals surface area contributed by atoms with E-state index in [2.05, 4.69) is 10.3 Å². The molecule has 3 aromatic rings. The van der Waals surface area contributed by atoms with Crippen LogP contribution in [0, 0.1) is 10.1 Å². The average Bonchev–Trinajstić information content (AvgIpc) is 3.23. The van der Waals surface area contributed by atoms with E-state index in [9.17, 15) is 14.9 Å². The molecule has 2 aromatic heterocycles. The van der Waals surface area contributed by atoms with Crippen molar-refractivity contribution in [1.82, 2.24) is 4.98 Å². The Hall–Kier alpha value is -2.49. The molecule has 1 aromatic carbocycles. The van der Waals surface area contributed by atoms with E-state index >= 15 is 0 Å². The first kappa shape index (κ1) is 17.3. The lowest BCUT2D eigenvalue weighted by Gasteiger charge is -2.05. The Balaban J connectivity index is 1.80. The van der Waals surface area contributed by atoms with Gasteiger partial charge in [-0.15, -0.1) is 22.7 Å². The number of ether oxygens (including phenoxy) is 1. The van der Waals surface area contributed by atoms with Crippen LogP contribution in [0.5, 0.6) is 5.75 Å². The van der Waals surface area contributed by atoms with Gasteiger partial charge in [0.05, 0.1) is 26.9 Å².